The van der Waals surface area contributed by atoms with E-state index in [1.807, 2.05) is 12.1 Å². The Hall–Kier alpha value is -3.36. The predicted octanol–water partition coefficient (Wildman–Crippen LogP) is 1.88. The summed E-state index contributed by atoms with van der Waals surface area (Å²) in [5.41, 5.74) is 0.747. The van der Waals surface area contributed by atoms with Crippen LogP contribution in [0.25, 0.3) is 11.3 Å². The minimum atomic E-state index is -0.505. The topological polar surface area (TPSA) is 111 Å². The summed E-state index contributed by atoms with van der Waals surface area (Å²) in [5.74, 6) is -0.109. The highest BCUT2D eigenvalue weighted by Gasteiger charge is 2.28. The van der Waals surface area contributed by atoms with E-state index in [1.165, 1.54) is 6.07 Å². The first-order chi connectivity index (χ1) is 14.5. The van der Waals surface area contributed by atoms with Crippen LogP contribution >= 0.6 is 0 Å². The highest BCUT2D eigenvalue weighted by Crippen LogP contribution is 2.29. The van der Waals surface area contributed by atoms with Gasteiger partial charge in [-0.25, -0.2) is 0 Å². The molecule has 1 aliphatic rings. The molecular weight excluding hydrogens is 390 g/mol. The van der Waals surface area contributed by atoms with Crippen molar-refractivity contribution in [2.75, 3.05) is 33.4 Å². The van der Waals surface area contributed by atoms with Crippen LogP contribution in [0.1, 0.15) is 30.3 Å². The van der Waals surface area contributed by atoms with Crippen molar-refractivity contribution < 1.29 is 28.4 Å². The standard InChI is InChI=1S/C21H25N3O6/c1-3-29-21(27)14-8-10-24(11-9-14)19(25)13-22-20(26)16-12-18(30-23-16)15-6-4-5-7-17(15)28-2/h4-7,12,14H,3,8-11,13H2,1-2H3,(H,22,26). The molecule has 0 aliphatic carbocycles. The summed E-state index contributed by atoms with van der Waals surface area (Å²) in [6.07, 6.45) is 1.12. The van der Waals surface area contributed by atoms with Crippen molar-refractivity contribution in [2.24, 2.45) is 5.92 Å². The maximum Gasteiger partial charge on any atom is 0.309 e. The summed E-state index contributed by atoms with van der Waals surface area (Å²) in [4.78, 5) is 38.2. The van der Waals surface area contributed by atoms with Crippen molar-refractivity contribution in [2.45, 2.75) is 19.8 Å². The summed E-state index contributed by atoms with van der Waals surface area (Å²) >= 11 is 0. The van der Waals surface area contributed by atoms with Crippen LogP contribution in [0.5, 0.6) is 5.75 Å². The SMILES string of the molecule is CCOC(=O)C1CCN(C(=O)CNC(=O)c2cc(-c3ccccc3OC)on2)CC1. The quantitative estimate of drug-likeness (QED) is 0.687. The highest BCUT2D eigenvalue weighted by atomic mass is 16.5. The number of likely N-dealkylation sites (tertiary alicyclic amines) is 1. The highest BCUT2D eigenvalue weighted by molar-refractivity contribution is 5.95. The second kappa shape index (κ2) is 9.91. The third-order valence-electron chi connectivity index (χ3n) is 4.98. The number of benzene rings is 1. The number of hydrogen-bond donors (Lipinski definition) is 1. The van der Waals surface area contributed by atoms with Gasteiger partial charge in [-0.15, -0.1) is 0 Å². The van der Waals surface area contributed by atoms with Crippen LogP contribution in [0.15, 0.2) is 34.9 Å². The number of aromatic nitrogens is 1. The van der Waals surface area contributed by atoms with Gasteiger partial charge in [-0.3, -0.25) is 14.4 Å². The predicted molar refractivity (Wildman–Crippen MR) is 107 cm³/mol. The molecule has 0 unspecified atom stereocenters. The van der Waals surface area contributed by atoms with Gasteiger partial charge in [0.15, 0.2) is 11.5 Å². The van der Waals surface area contributed by atoms with Crippen LogP contribution in [0.4, 0.5) is 0 Å². The zero-order valence-electron chi connectivity index (χ0n) is 17.1. The van der Waals surface area contributed by atoms with E-state index < -0.39 is 5.91 Å². The lowest BCUT2D eigenvalue weighted by atomic mass is 9.97. The van der Waals surface area contributed by atoms with Gasteiger partial charge >= 0.3 is 5.97 Å². The molecule has 30 heavy (non-hydrogen) atoms. The van der Waals surface area contributed by atoms with Crippen molar-refractivity contribution in [1.82, 2.24) is 15.4 Å². The first-order valence-electron chi connectivity index (χ1n) is 9.86. The van der Waals surface area contributed by atoms with Gasteiger partial charge < -0.3 is 24.2 Å². The number of methoxy groups -OCH3 is 1. The molecule has 0 bridgehead atoms. The Morgan fingerprint density at radius 1 is 1.23 bits per heavy atom. The number of carbonyl (C=O) groups is 3. The van der Waals surface area contributed by atoms with Crippen LogP contribution in [0.2, 0.25) is 0 Å². The minimum absolute atomic E-state index is 0.0738. The van der Waals surface area contributed by atoms with E-state index in [0.29, 0.717) is 49.6 Å². The fraction of sp³-hybridized carbons (Fsp3) is 0.429. The fourth-order valence-electron chi connectivity index (χ4n) is 3.34. The number of ether oxygens (including phenoxy) is 2. The van der Waals surface area contributed by atoms with Gasteiger partial charge in [0.1, 0.15) is 5.75 Å². The number of hydrogen-bond acceptors (Lipinski definition) is 7. The summed E-state index contributed by atoms with van der Waals surface area (Å²) in [7, 11) is 1.55. The van der Waals surface area contributed by atoms with E-state index in [9.17, 15) is 14.4 Å². The molecule has 1 saturated heterocycles. The van der Waals surface area contributed by atoms with Crippen molar-refractivity contribution in [1.29, 1.82) is 0 Å². The molecular formula is C21H25N3O6. The summed E-state index contributed by atoms with van der Waals surface area (Å²) in [6, 6.07) is 8.73. The minimum Gasteiger partial charge on any atom is -0.496 e. The maximum atomic E-state index is 12.4. The van der Waals surface area contributed by atoms with E-state index in [1.54, 1.807) is 31.1 Å². The number of amides is 2. The molecule has 1 aromatic heterocycles. The van der Waals surface area contributed by atoms with Crippen LogP contribution in [0.3, 0.4) is 0 Å². The molecule has 9 nitrogen and oxygen atoms in total. The van der Waals surface area contributed by atoms with Crippen LogP contribution in [-0.2, 0) is 14.3 Å². The molecule has 3 rings (SSSR count). The number of esters is 1. The number of rotatable bonds is 7. The van der Waals surface area contributed by atoms with Crippen molar-refractivity contribution in [3.8, 4) is 17.1 Å². The van der Waals surface area contributed by atoms with E-state index in [0.717, 1.165) is 0 Å². The number of para-hydroxylation sites is 1. The smallest absolute Gasteiger partial charge is 0.309 e. The van der Waals surface area contributed by atoms with Crippen molar-refractivity contribution >= 4 is 17.8 Å². The largest absolute Gasteiger partial charge is 0.496 e. The molecule has 0 saturated carbocycles. The monoisotopic (exact) mass is 415 g/mol. The lowest BCUT2D eigenvalue weighted by Gasteiger charge is -2.30. The Morgan fingerprint density at radius 3 is 2.67 bits per heavy atom. The first kappa shape index (κ1) is 21.4. The van der Waals surface area contributed by atoms with Crippen molar-refractivity contribution in [3.05, 3.63) is 36.0 Å². The fourth-order valence-corrected chi connectivity index (χ4v) is 3.34. The van der Waals surface area contributed by atoms with Gasteiger partial charge in [-0.05, 0) is 31.9 Å². The third kappa shape index (κ3) is 4.97. The molecule has 2 amide bonds. The second-order valence-electron chi connectivity index (χ2n) is 6.87. The summed E-state index contributed by atoms with van der Waals surface area (Å²) in [5, 5.41) is 6.35. The molecule has 1 aromatic carbocycles. The van der Waals surface area contributed by atoms with E-state index >= 15 is 0 Å². The number of nitrogens with zero attached hydrogens (tertiary/aromatic N) is 2. The molecule has 1 aliphatic heterocycles. The zero-order valence-corrected chi connectivity index (χ0v) is 17.1. The van der Waals surface area contributed by atoms with Crippen molar-refractivity contribution in [3.63, 3.8) is 0 Å². The summed E-state index contributed by atoms with van der Waals surface area (Å²) < 4.78 is 15.6. The van der Waals surface area contributed by atoms with Gasteiger partial charge in [0.25, 0.3) is 5.91 Å². The number of nitrogens with one attached hydrogen (secondary N) is 1. The van der Waals surface area contributed by atoms with Crippen LogP contribution < -0.4 is 10.1 Å². The summed E-state index contributed by atoms with van der Waals surface area (Å²) in [6.45, 7) is 2.89. The molecule has 2 heterocycles. The third-order valence-corrected chi connectivity index (χ3v) is 4.98. The molecule has 2 aromatic rings. The maximum absolute atomic E-state index is 12.4. The van der Waals surface area contributed by atoms with Gasteiger partial charge in [0.2, 0.25) is 5.91 Å². The second-order valence-corrected chi connectivity index (χ2v) is 6.87. The average molecular weight is 415 g/mol. The average Bonchev–Trinajstić information content (AvgIpc) is 3.27. The Labute approximate surface area is 174 Å². The molecule has 0 atom stereocenters. The first-order valence-corrected chi connectivity index (χ1v) is 9.86. The Kier molecular flexibility index (Phi) is 7.05. The zero-order chi connectivity index (χ0) is 21.5. The molecule has 0 radical (unpaired) electrons. The van der Waals surface area contributed by atoms with Gasteiger partial charge in [0.05, 0.1) is 31.7 Å². The molecule has 1 fully saturated rings. The Balaban J connectivity index is 1.51. The lowest BCUT2D eigenvalue weighted by molar-refractivity contribution is -0.151. The molecule has 9 heteroatoms. The molecule has 160 valence electrons. The van der Waals surface area contributed by atoms with Gasteiger partial charge in [0, 0.05) is 19.2 Å². The van der Waals surface area contributed by atoms with Crippen LogP contribution in [-0.4, -0.2) is 61.2 Å². The van der Waals surface area contributed by atoms with E-state index in [4.69, 9.17) is 14.0 Å². The van der Waals surface area contributed by atoms with Gasteiger partial charge in [-0.1, -0.05) is 17.3 Å². The molecule has 1 N–H and O–H groups in total. The van der Waals surface area contributed by atoms with Crippen LogP contribution in [0, 0.1) is 5.92 Å². The normalized spacial score (nSPS) is 14.3. The number of piperidine rings is 1. The Bertz CT molecular complexity index is 902. The Morgan fingerprint density at radius 2 is 1.97 bits per heavy atom. The van der Waals surface area contributed by atoms with E-state index in [2.05, 4.69) is 10.5 Å². The number of carbonyl (C=O) groups excluding carboxylic acids is 3. The van der Waals surface area contributed by atoms with Gasteiger partial charge in [-0.2, -0.15) is 0 Å². The van der Waals surface area contributed by atoms with E-state index in [-0.39, 0.29) is 30.0 Å². The lowest BCUT2D eigenvalue weighted by Crippen LogP contribution is -2.45. The molecule has 0 spiro atoms.